The van der Waals surface area contributed by atoms with Gasteiger partial charge in [0.25, 0.3) is 0 Å². The number of ether oxygens (including phenoxy) is 2. The lowest BCUT2D eigenvalue weighted by Crippen LogP contribution is -2.23. The highest BCUT2D eigenvalue weighted by Crippen LogP contribution is 2.29. The highest BCUT2D eigenvalue weighted by atomic mass is 16.5. The standard InChI is InChI=1S/C13H16O4/c1-4-5-10-6-7-11(12(8-10)16-3)17-9(2)13(14)15/h4,6-9H,1,5H2,2-3H3,(H,14,15)/t9-/m1/s1. The second-order valence-corrected chi connectivity index (χ2v) is 3.58. The number of carbonyl (C=O) groups is 1. The monoisotopic (exact) mass is 236 g/mol. The van der Waals surface area contributed by atoms with Crippen LogP contribution in [-0.4, -0.2) is 24.3 Å². The predicted octanol–water partition coefficient (Wildman–Crippen LogP) is 2.28. The SMILES string of the molecule is C=CCc1ccc(O[C@H](C)C(=O)O)c(OC)c1. The second-order valence-electron chi connectivity index (χ2n) is 3.58. The van der Waals surface area contributed by atoms with E-state index in [0.717, 1.165) is 12.0 Å². The summed E-state index contributed by atoms with van der Waals surface area (Å²) in [6, 6.07) is 5.37. The van der Waals surface area contributed by atoms with Crippen LogP contribution in [0.15, 0.2) is 30.9 Å². The Hall–Kier alpha value is -1.97. The van der Waals surface area contributed by atoms with Crippen LogP contribution in [0.3, 0.4) is 0 Å². The maximum absolute atomic E-state index is 10.7. The Bertz CT molecular complexity index is 412. The van der Waals surface area contributed by atoms with Crippen LogP contribution >= 0.6 is 0 Å². The molecule has 0 aliphatic rings. The number of allylic oxidation sites excluding steroid dienone is 1. The summed E-state index contributed by atoms with van der Waals surface area (Å²) < 4.78 is 10.4. The van der Waals surface area contributed by atoms with Gasteiger partial charge >= 0.3 is 5.97 Å². The van der Waals surface area contributed by atoms with Crippen molar-refractivity contribution < 1.29 is 19.4 Å². The summed E-state index contributed by atoms with van der Waals surface area (Å²) in [7, 11) is 1.52. The third-order valence-electron chi connectivity index (χ3n) is 2.26. The minimum Gasteiger partial charge on any atom is -0.493 e. The summed E-state index contributed by atoms with van der Waals surface area (Å²) in [6.07, 6.45) is 1.61. The molecule has 1 atom stereocenters. The van der Waals surface area contributed by atoms with Gasteiger partial charge in [-0.25, -0.2) is 4.79 Å². The van der Waals surface area contributed by atoms with Crippen molar-refractivity contribution in [1.82, 2.24) is 0 Å². The van der Waals surface area contributed by atoms with Crippen LogP contribution in [0.2, 0.25) is 0 Å². The topological polar surface area (TPSA) is 55.8 Å². The Kier molecular flexibility index (Phi) is 4.57. The van der Waals surface area contributed by atoms with Gasteiger partial charge in [-0.05, 0) is 31.0 Å². The fourth-order valence-corrected chi connectivity index (χ4v) is 1.34. The van der Waals surface area contributed by atoms with Crippen LogP contribution in [0.4, 0.5) is 0 Å². The number of aliphatic carboxylic acids is 1. The van der Waals surface area contributed by atoms with Crippen LogP contribution in [-0.2, 0) is 11.2 Å². The molecule has 0 aromatic heterocycles. The van der Waals surface area contributed by atoms with Gasteiger partial charge in [-0.2, -0.15) is 0 Å². The van der Waals surface area contributed by atoms with Crippen LogP contribution < -0.4 is 9.47 Å². The normalized spacial score (nSPS) is 11.6. The van der Waals surface area contributed by atoms with Crippen LogP contribution in [0.5, 0.6) is 11.5 Å². The van der Waals surface area contributed by atoms with E-state index < -0.39 is 12.1 Å². The highest BCUT2D eigenvalue weighted by Gasteiger charge is 2.15. The van der Waals surface area contributed by atoms with E-state index in [1.165, 1.54) is 14.0 Å². The van der Waals surface area contributed by atoms with Crippen molar-refractivity contribution in [1.29, 1.82) is 0 Å². The molecule has 0 amide bonds. The third kappa shape index (κ3) is 3.52. The van der Waals surface area contributed by atoms with Crippen LogP contribution in [0.1, 0.15) is 12.5 Å². The van der Waals surface area contributed by atoms with E-state index in [0.29, 0.717) is 11.5 Å². The molecule has 92 valence electrons. The zero-order chi connectivity index (χ0) is 12.8. The van der Waals surface area contributed by atoms with Gasteiger partial charge in [0.2, 0.25) is 0 Å². The number of carboxylic acids is 1. The number of hydrogen-bond acceptors (Lipinski definition) is 3. The molecule has 1 rings (SSSR count). The molecular weight excluding hydrogens is 220 g/mol. The lowest BCUT2D eigenvalue weighted by molar-refractivity contribution is -0.144. The quantitative estimate of drug-likeness (QED) is 0.770. The highest BCUT2D eigenvalue weighted by molar-refractivity contribution is 5.72. The first kappa shape index (κ1) is 13.1. The molecule has 0 saturated heterocycles. The number of rotatable bonds is 6. The predicted molar refractivity (Wildman–Crippen MR) is 64.6 cm³/mol. The first-order valence-electron chi connectivity index (χ1n) is 5.25. The number of carboxylic acid groups (broad SMARTS) is 1. The van der Waals surface area contributed by atoms with Gasteiger partial charge in [0, 0.05) is 0 Å². The summed E-state index contributed by atoms with van der Waals surface area (Å²) in [4.78, 5) is 10.7. The molecule has 1 aromatic rings. The van der Waals surface area contributed by atoms with Crippen molar-refractivity contribution in [3.8, 4) is 11.5 Å². The van der Waals surface area contributed by atoms with E-state index in [2.05, 4.69) is 6.58 Å². The Morgan fingerprint density at radius 1 is 1.53 bits per heavy atom. The first-order chi connectivity index (χ1) is 8.08. The summed E-state index contributed by atoms with van der Waals surface area (Å²) >= 11 is 0. The summed E-state index contributed by atoms with van der Waals surface area (Å²) in [6.45, 7) is 5.13. The summed E-state index contributed by atoms with van der Waals surface area (Å²) in [5, 5.41) is 8.77. The van der Waals surface area contributed by atoms with E-state index >= 15 is 0 Å². The van der Waals surface area contributed by atoms with E-state index in [-0.39, 0.29) is 0 Å². The molecule has 17 heavy (non-hydrogen) atoms. The largest absolute Gasteiger partial charge is 0.493 e. The average Bonchev–Trinajstić information content (AvgIpc) is 2.31. The Labute approximate surface area is 100 Å². The van der Waals surface area contributed by atoms with Gasteiger partial charge in [0.05, 0.1) is 7.11 Å². The van der Waals surface area contributed by atoms with Gasteiger partial charge in [-0.1, -0.05) is 12.1 Å². The molecule has 0 bridgehead atoms. The molecule has 0 radical (unpaired) electrons. The second kappa shape index (κ2) is 5.94. The average molecular weight is 236 g/mol. The zero-order valence-electron chi connectivity index (χ0n) is 9.97. The van der Waals surface area contributed by atoms with E-state index in [1.54, 1.807) is 12.1 Å². The number of hydrogen-bond donors (Lipinski definition) is 1. The first-order valence-corrected chi connectivity index (χ1v) is 5.25. The van der Waals surface area contributed by atoms with Crippen molar-refractivity contribution in [3.05, 3.63) is 36.4 Å². The van der Waals surface area contributed by atoms with Gasteiger partial charge in [-0.3, -0.25) is 0 Å². The van der Waals surface area contributed by atoms with Crippen LogP contribution in [0.25, 0.3) is 0 Å². The lowest BCUT2D eigenvalue weighted by Gasteiger charge is -2.14. The molecule has 0 fully saturated rings. The molecule has 0 aliphatic heterocycles. The van der Waals surface area contributed by atoms with Gasteiger partial charge in [0.1, 0.15) is 0 Å². The molecule has 0 aliphatic carbocycles. The molecule has 4 heteroatoms. The minimum atomic E-state index is -1.01. The molecular formula is C13H16O4. The van der Waals surface area contributed by atoms with E-state index in [9.17, 15) is 4.79 Å². The molecule has 1 aromatic carbocycles. The van der Waals surface area contributed by atoms with E-state index in [4.69, 9.17) is 14.6 Å². The Morgan fingerprint density at radius 3 is 2.76 bits per heavy atom. The fraction of sp³-hybridized carbons (Fsp3) is 0.308. The minimum absolute atomic E-state index is 0.426. The van der Waals surface area contributed by atoms with Crippen molar-refractivity contribution in [2.45, 2.75) is 19.4 Å². The molecule has 0 spiro atoms. The van der Waals surface area contributed by atoms with Crippen molar-refractivity contribution in [2.24, 2.45) is 0 Å². The maximum atomic E-state index is 10.7. The number of methoxy groups -OCH3 is 1. The van der Waals surface area contributed by atoms with Gasteiger partial charge < -0.3 is 14.6 Å². The smallest absolute Gasteiger partial charge is 0.344 e. The Morgan fingerprint density at radius 2 is 2.24 bits per heavy atom. The Balaban J connectivity index is 2.92. The van der Waals surface area contributed by atoms with Crippen molar-refractivity contribution in [2.75, 3.05) is 7.11 Å². The zero-order valence-corrected chi connectivity index (χ0v) is 9.97. The molecule has 1 N–H and O–H groups in total. The summed E-state index contributed by atoms with van der Waals surface area (Å²) in [5.74, 6) is -0.0603. The molecule has 0 heterocycles. The summed E-state index contributed by atoms with van der Waals surface area (Å²) in [5.41, 5.74) is 1.03. The lowest BCUT2D eigenvalue weighted by atomic mass is 10.1. The molecule has 4 nitrogen and oxygen atoms in total. The van der Waals surface area contributed by atoms with Crippen molar-refractivity contribution in [3.63, 3.8) is 0 Å². The van der Waals surface area contributed by atoms with Gasteiger partial charge in [-0.15, -0.1) is 6.58 Å². The molecule has 0 unspecified atom stereocenters. The fourth-order valence-electron chi connectivity index (χ4n) is 1.34. The number of benzene rings is 1. The van der Waals surface area contributed by atoms with Gasteiger partial charge in [0.15, 0.2) is 17.6 Å². The molecule has 0 saturated carbocycles. The maximum Gasteiger partial charge on any atom is 0.344 e. The van der Waals surface area contributed by atoms with E-state index in [1.807, 2.05) is 12.1 Å². The third-order valence-corrected chi connectivity index (χ3v) is 2.26. The van der Waals surface area contributed by atoms with Crippen LogP contribution in [0, 0.1) is 0 Å². The van der Waals surface area contributed by atoms with Crippen molar-refractivity contribution >= 4 is 5.97 Å².